The van der Waals surface area contributed by atoms with Gasteiger partial charge in [0.1, 0.15) is 0 Å². The number of hydrogen-bond donors (Lipinski definition) is 1. The molecule has 0 saturated carbocycles. The van der Waals surface area contributed by atoms with Crippen molar-refractivity contribution in [1.29, 1.82) is 0 Å². The van der Waals surface area contributed by atoms with Crippen LogP contribution >= 0.6 is 11.6 Å². The van der Waals surface area contributed by atoms with Gasteiger partial charge in [0.05, 0.1) is 17.8 Å². The van der Waals surface area contributed by atoms with Crippen molar-refractivity contribution in [1.82, 2.24) is 9.78 Å². The molecule has 2 atom stereocenters. The van der Waals surface area contributed by atoms with E-state index in [2.05, 4.69) is 17.2 Å². The van der Waals surface area contributed by atoms with Gasteiger partial charge in [0.15, 0.2) is 0 Å². The molecule has 0 spiro atoms. The molecule has 1 heterocycles. The van der Waals surface area contributed by atoms with E-state index in [0.717, 1.165) is 22.3 Å². The van der Waals surface area contributed by atoms with E-state index in [-0.39, 0.29) is 12.1 Å². The quantitative estimate of drug-likeness (QED) is 0.796. The standard InChI is InChI=1S/C17H18ClN3/c1-12(19)17(10-13-6-8-15(18)9-7-13)21-16-5-3-2-4-14(16)11-20-21/h2-9,11-12,17H,10,19H2,1H3/t12-,17-/m0/s1. The zero-order valence-electron chi connectivity index (χ0n) is 11.9. The fourth-order valence-electron chi connectivity index (χ4n) is 2.61. The smallest absolute Gasteiger partial charge is 0.0714 e. The number of nitrogens with two attached hydrogens (primary N) is 1. The summed E-state index contributed by atoms with van der Waals surface area (Å²) in [6.07, 6.45) is 2.73. The lowest BCUT2D eigenvalue weighted by Gasteiger charge is -2.22. The largest absolute Gasteiger partial charge is 0.326 e. The Bertz CT molecular complexity index is 731. The Morgan fingerprint density at radius 1 is 1.14 bits per heavy atom. The lowest BCUT2D eigenvalue weighted by Crippen LogP contribution is -2.31. The number of nitrogens with zero attached hydrogens (tertiary/aromatic N) is 2. The molecule has 3 aromatic rings. The molecular weight excluding hydrogens is 282 g/mol. The molecule has 0 radical (unpaired) electrons. The summed E-state index contributed by atoms with van der Waals surface area (Å²) < 4.78 is 2.04. The van der Waals surface area contributed by atoms with Gasteiger partial charge in [-0.05, 0) is 37.1 Å². The number of rotatable bonds is 4. The fraction of sp³-hybridized carbons (Fsp3) is 0.235. The molecule has 0 aliphatic carbocycles. The van der Waals surface area contributed by atoms with Crippen LogP contribution < -0.4 is 5.73 Å². The third-order valence-electron chi connectivity index (χ3n) is 3.78. The van der Waals surface area contributed by atoms with Crippen molar-refractivity contribution in [2.75, 3.05) is 0 Å². The summed E-state index contributed by atoms with van der Waals surface area (Å²) >= 11 is 5.95. The molecule has 108 valence electrons. The van der Waals surface area contributed by atoms with Crippen LogP contribution in [-0.2, 0) is 6.42 Å². The third-order valence-corrected chi connectivity index (χ3v) is 4.04. The average Bonchev–Trinajstić information content (AvgIpc) is 2.90. The summed E-state index contributed by atoms with van der Waals surface area (Å²) in [6, 6.07) is 16.2. The lowest BCUT2D eigenvalue weighted by atomic mass is 10.0. The van der Waals surface area contributed by atoms with Crippen LogP contribution in [0.2, 0.25) is 5.02 Å². The minimum atomic E-state index is 0.00369. The predicted molar refractivity (Wildman–Crippen MR) is 87.6 cm³/mol. The van der Waals surface area contributed by atoms with Crippen molar-refractivity contribution >= 4 is 22.5 Å². The van der Waals surface area contributed by atoms with E-state index in [0.29, 0.717) is 0 Å². The number of benzene rings is 2. The zero-order chi connectivity index (χ0) is 14.8. The Morgan fingerprint density at radius 3 is 2.57 bits per heavy atom. The van der Waals surface area contributed by atoms with Crippen molar-refractivity contribution in [2.45, 2.75) is 25.4 Å². The van der Waals surface area contributed by atoms with Gasteiger partial charge in [0.2, 0.25) is 0 Å². The van der Waals surface area contributed by atoms with E-state index in [1.54, 1.807) is 0 Å². The van der Waals surface area contributed by atoms with Crippen LogP contribution in [0.1, 0.15) is 18.5 Å². The van der Waals surface area contributed by atoms with Crippen LogP contribution in [0.4, 0.5) is 0 Å². The highest BCUT2D eigenvalue weighted by molar-refractivity contribution is 6.30. The molecule has 2 aromatic carbocycles. The maximum atomic E-state index is 6.21. The first-order chi connectivity index (χ1) is 10.1. The molecule has 0 amide bonds. The SMILES string of the molecule is C[C@H](N)[C@H](Cc1ccc(Cl)cc1)n1ncc2ccccc21. The fourth-order valence-corrected chi connectivity index (χ4v) is 2.74. The Hall–Kier alpha value is -1.84. The maximum Gasteiger partial charge on any atom is 0.0714 e. The third kappa shape index (κ3) is 2.94. The Balaban J connectivity index is 1.96. The van der Waals surface area contributed by atoms with Crippen molar-refractivity contribution in [3.63, 3.8) is 0 Å². The molecule has 3 rings (SSSR count). The van der Waals surface area contributed by atoms with E-state index in [4.69, 9.17) is 17.3 Å². The number of hydrogen-bond acceptors (Lipinski definition) is 2. The minimum Gasteiger partial charge on any atom is -0.326 e. The van der Waals surface area contributed by atoms with Crippen LogP contribution in [0, 0.1) is 0 Å². The number of fused-ring (bicyclic) bond motifs is 1. The first kappa shape index (κ1) is 14.1. The van der Waals surface area contributed by atoms with Crippen molar-refractivity contribution in [3.05, 3.63) is 65.3 Å². The van der Waals surface area contributed by atoms with E-state index < -0.39 is 0 Å². The molecule has 0 fully saturated rings. The van der Waals surface area contributed by atoms with Gasteiger partial charge in [0.25, 0.3) is 0 Å². The van der Waals surface area contributed by atoms with Gasteiger partial charge in [-0.25, -0.2) is 0 Å². The normalized spacial score (nSPS) is 14.2. The Kier molecular flexibility index (Phi) is 3.95. The molecule has 0 aliphatic rings. The predicted octanol–water partition coefficient (Wildman–Crippen LogP) is 3.82. The monoisotopic (exact) mass is 299 g/mol. The van der Waals surface area contributed by atoms with Gasteiger partial charge in [-0.2, -0.15) is 5.10 Å². The summed E-state index contributed by atoms with van der Waals surface area (Å²) in [7, 11) is 0. The first-order valence-electron chi connectivity index (χ1n) is 7.07. The molecule has 2 N–H and O–H groups in total. The van der Waals surface area contributed by atoms with Crippen LogP contribution in [0.5, 0.6) is 0 Å². The summed E-state index contributed by atoms with van der Waals surface area (Å²) in [6.45, 7) is 2.02. The summed E-state index contributed by atoms with van der Waals surface area (Å²) in [5, 5.41) is 6.43. The van der Waals surface area contributed by atoms with E-state index in [1.165, 1.54) is 5.56 Å². The molecule has 21 heavy (non-hydrogen) atoms. The van der Waals surface area contributed by atoms with Crippen LogP contribution in [-0.4, -0.2) is 15.8 Å². The summed E-state index contributed by atoms with van der Waals surface area (Å²) in [5.74, 6) is 0. The second kappa shape index (κ2) is 5.88. The van der Waals surface area contributed by atoms with Gasteiger partial charge in [-0.3, -0.25) is 4.68 Å². The van der Waals surface area contributed by atoms with Crippen molar-refractivity contribution in [3.8, 4) is 0 Å². The van der Waals surface area contributed by atoms with Gasteiger partial charge in [-0.1, -0.05) is 41.9 Å². The second-order valence-electron chi connectivity index (χ2n) is 5.41. The van der Waals surface area contributed by atoms with Crippen molar-refractivity contribution in [2.24, 2.45) is 5.73 Å². The van der Waals surface area contributed by atoms with E-state index in [9.17, 15) is 0 Å². The molecule has 0 unspecified atom stereocenters. The number of para-hydroxylation sites is 1. The first-order valence-corrected chi connectivity index (χ1v) is 7.45. The molecule has 0 saturated heterocycles. The van der Waals surface area contributed by atoms with Gasteiger partial charge in [0, 0.05) is 16.5 Å². The van der Waals surface area contributed by atoms with Crippen molar-refractivity contribution < 1.29 is 0 Å². The highest BCUT2D eigenvalue weighted by atomic mass is 35.5. The topological polar surface area (TPSA) is 43.8 Å². The Morgan fingerprint density at radius 2 is 1.86 bits per heavy atom. The Labute approximate surface area is 129 Å². The second-order valence-corrected chi connectivity index (χ2v) is 5.84. The maximum absolute atomic E-state index is 6.21. The average molecular weight is 300 g/mol. The van der Waals surface area contributed by atoms with Gasteiger partial charge >= 0.3 is 0 Å². The van der Waals surface area contributed by atoms with Gasteiger partial charge < -0.3 is 5.73 Å². The molecule has 0 aliphatic heterocycles. The van der Waals surface area contributed by atoms with Gasteiger partial charge in [-0.15, -0.1) is 0 Å². The highest BCUT2D eigenvalue weighted by Gasteiger charge is 2.19. The minimum absolute atomic E-state index is 0.00369. The molecule has 4 heteroatoms. The number of halogens is 1. The summed E-state index contributed by atoms with van der Waals surface area (Å²) in [4.78, 5) is 0. The molecular formula is C17H18ClN3. The number of aromatic nitrogens is 2. The molecule has 3 nitrogen and oxygen atoms in total. The van der Waals surface area contributed by atoms with E-state index >= 15 is 0 Å². The van der Waals surface area contributed by atoms with Crippen LogP contribution in [0.25, 0.3) is 10.9 Å². The highest BCUT2D eigenvalue weighted by Crippen LogP contribution is 2.23. The summed E-state index contributed by atoms with van der Waals surface area (Å²) in [5.41, 5.74) is 8.54. The van der Waals surface area contributed by atoms with Crippen LogP contribution in [0.15, 0.2) is 54.7 Å². The van der Waals surface area contributed by atoms with E-state index in [1.807, 2.05) is 54.2 Å². The lowest BCUT2D eigenvalue weighted by molar-refractivity contribution is 0.402. The molecule has 1 aromatic heterocycles. The van der Waals surface area contributed by atoms with Crippen LogP contribution in [0.3, 0.4) is 0 Å². The molecule has 0 bridgehead atoms. The zero-order valence-corrected chi connectivity index (χ0v) is 12.7.